The topological polar surface area (TPSA) is 55.8 Å². The van der Waals surface area contributed by atoms with Crippen molar-refractivity contribution in [2.45, 2.75) is 20.1 Å². The summed E-state index contributed by atoms with van der Waals surface area (Å²) in [4.78, 5) is 26.9. The minimum atomic E-state index is -0.352. The molecule has 5 nitrogen and oxygen atoms in total. The number of methoxy groups -OCH3 is 1. The SMILES string of the molecule is COc1ccc(/C=C2\SC(=O)N(Cc3cccc(C)c3)C2=O)cc1OCc1ccccc1F. The molecule has 0 N–H and O–H groups in total. The first-order valence-corrected chi connectivity index (χ1v) is 11.1. The second kappa shape index (κ2) is 9.92. The molecule has 0 bridgehead atoms. The number of carbonyl (C=O) groups is 2. The average Bonchev–Trinajstić information content (AvgIpc) is 3.06. The summed E-state index contributed by atoms with van der Waals surface area (Å²) in [7, 11) is 1.52. The van der Waals surface area contributed by atoms with Gasteiger partial charge in [-0.15, -0.1) is 0 Å². The van der Waals surface area contributed by atoms with Gasteiger partial charge >= 0.3 is 0 Å². The number of halogens is 1. The highest BCUT2D eigenvalue weighted by Gasteiger charge is 2.35. The number of benzene rings is 3. The molecule has 2 amide bonds. The van der Waals surface area contributed by atoms with E-state index in [9.17, 15) is 14.0 Å². The number of nitrogens with zero attached hydrogens (tertiary/aromatic N) is 1. The van der Waals surface area contributed by atoms with E-state index in [4.69, 9.17) is 9.47 Å². The lowest BCUT2D eigenvalue weighted by molar-refractivity contribution is -0.123. The maximum Gasteiger partial charge on any atom is 0.293 e. The van der Waals surface area contributed by atoms with Crippen molar-refractivity contribution in [3.05, 3.63) is 99.7 Å². The normalized spacial score (nSPS) is 14.8. The molecule has 7 heteroatoms. The molecule has 0 spiro atoms. The average molecular weight is 464 g/mol. The number of hydrogen-bond acceptors (Lipinski definition) is 5. The molecule has 1 saturated heterocycles. The highest BCUT2D eigenvalue weighted by atomic mass is 32.2. The minimum absolute atomic E-state index is 0.0273. The van der Waals surface area contributed by atoms with Crippen LogP contribution in [0.15, 0.2) is 71.6 Å². The van der Waals surface area contributed by atoms with Crippen LogP contribution in [0, 0.1) is 12.7 Å². The Morgan fingerprint density at radius 2 is 1.82 bits per heavy atom. The van der Waals surface area contributed by atoms with Crippen LogP contribution in [0.3, 0.4) is 0 Å². The van der Waals surface area contributed by atoms with Crippen LogP contribution in [0.5, 0.6) is 11.5 Å². The molecule has 0 aromatic heterocycles. The summed E-state index contributed by atoms with van der Waals surface area (Å²) >= 11 is 0.905. The summed E-state index contributed by atoms with van der Waals surface area (Å²) in [5, 5.41) is -0.308. The monoisotopic (exact) mass is 463 g/mol. The van der Waals surface area contributed by atoms with Gasteiger partial charge < -0.3 is 9.47 Å². The third-order valence-electron chi connectivity index (χ3n) is 5.12. The van der Waals surface area contributed by atoms with Gasteiger partial charge in [-0.3, -0.25) is 14.5 Å². The Labute approximate surface area is 195 Å². The molecular formula is C26H22FNO4S. The van der Waals surface area contributed by atoms with Gasteiger partial charge in [0.15, 0.2) is 11.5 Å². The molecule has 4 rings (SSSR count). The van der Waals surface area contributed by atoms with Crippen LogP contribution in [0.25, 0.3) is 6.08 Å². The molecule has 1 heterocycles. The van der Waals surface area contributed by atoms with Crippen LogP contribution in [-0.4, -0.2) is 23.2 Å². The summed E-state index contributed by atoms with van der Waals surface area (Å²) in [6.07, 6.45) is 1.65. The highest BCUT2D eigenvalue weighted by Crippen LogP contribution is 2.35. The number of rotatable bonds is 7. The van der Waals surface area contributed by atoms with E-state index in [1.165, 1.54) is 18.1 Å². The van der Waals surface area contributed by atoms with Crippen LogP contribution in [0.2, 0.25) is 0 Å². The van der Waals surface area contributed by atoms with Crippen molar-refractivity contribution in [1.82, 2.24) is 4.90 Å². The molecule has 0 atom stereocenters. The Morgan fingerprint density at radius 1 is 1.00 bits per heavy atom. The fourth-order valence-electron chi connectivity index (χ4n) is 3.45. The van der Waals surface area contributed by atoms with Gasteiger partial charge in [0.2, 0.25) is 0 Å². The van der Waals surface area contributed by atoms with Crippen molar-refractivity contribution < 1.29 is 23.5 Å². The van der Waals surface area contributed by atoms with Crippen molar-refractivity contribution >= 4 is 29.0 Å². The molecule has 33 heavy (non-hydrogen) atoms. The summed E-state index contributed by atoms with van der Waals surface area (Å²) in [6, 6.07) is 19.3. The van der Waals surface area contributed by atoms with E-state index in [1.54, 1.807) is 42.5 Å². The van der Waals surface area contributed by atoms with Gasteiger partial charge in [-0.2, -0.15) is 0 Å². The van der Waals surface area contributed by atoms with Crippen LogP contribution in [-0.2, 0) is 17.9 Å². The molecule has 168 valence electrons. The van der Waals surface area contributed by atoms with E-state index < -0.39 is 0 Å². The third kappa shape index (κ3) is 5.26. The third-order valence-corrected chi connectivity index (χ3v) is 6.03. The van der Waals surface area contributed by atoms with Crippen molar-refractivity contribution in [2.24, 2.45) is 0 Å². The zero-order valence-electron chi connectivity index (χ0n) is 18.2. The van der Waals surface area contributed by atoms with E-state index in [-0.39, 0.29) is 30.1 Å². The molecule has 1 aliphatic rings. The Kier molecular flexibility index (Phi) is 6.79. The van der Waals surface area contributed by atoms with Gasteiger partial charge in [0.1, 0.15) is 12.4 Å². The summed E-state index contributed by atoms with van der Waals surface area (Å²) in [5.41, 5.74) is 3.05. The van der Waals surface area contributed by atoms with E-state index in [0.29, 0.717) is 27.5 Å². The predicted octanol–water partition coefficient (Wildman–Crippen LogP) is 5.96. The van der Waals surface area contributed by atoms with Crippen LogP contribution in [0.1, 0.15) is 22.3 Å². The lowest BCUT2D eigenvalue weighted by Crippen LogP contribution is -2.27. The van der Waals surface area contributed by atoms with Gasteiger partial charge in [0.05, 0.1) is 18.6 Å². The number of imide groups is 1. The Bertz CT molecular complexity index is 1240. The van der Waals surface area contributed by atoms with Crippen LogP contribution < -0.4 is 9.47 Å². The summed E-state index contributed by atoms with van der Waals surface area (Å²) in [6.45, 7) is 2.22. The van der Waals surface area contributed by atoms with E-state index >= 15 is 0 Å². The zero-order valence-corrected chi connectivity index (χ0v) is 19.0. The fraction of sp³-hybridized carbons (Fsp3) is 0.154. The van der Waals surface area contributed by atoms with Gasteiger partial charge in [-0.1, -0.05) is 54.1 Å². The van der Waals surface area contributed by atoms with Gasteiger partial charge in [-0.05, 0) is 54.1 Å². The molecule has 0 radical (unpaired) electrons. The standard InChI is InChI=1S/C26H22FNO4S/c1-17-6-5-7-19(12-17)15-28-25(29)24(33-26(28)30)14-18-10-11-22(31-2)23(13-18)32-16-20-8-3-4-9-21(20)27/h3-14H,15-16H2,1-2H3/b24-14-. The van der Waals surface area contributed by atoms with Gasteiger partial charge in [0.25, 0.3) is 11.1 Å². The predicted molar refractivity (Wildman–Crippen MR) is 126 cm³/mol. The molecule has 3 aromatic rings. The lowest BCUT2D eigenvalue weighted by Gasteiger charge is -2.13. The first kappa shape index (κ1) is 22.6. The largest absolute Gasteiger partial charge is 0.493 e. The van der Waals surface area contributed by atoms with E-state index in [1.807, 2.05) is 31.2 Å². The van der Waals surface area contributed by atoms with Crippen molar-refractivity contribution in [1.29, 1.82) is 0 Å². The molecule has 0 unspecified atom stereocenters. The molecule has 0 aliphatic carbocycles. The number of hydrogen-bond donors (Lipinski definition) is 0. The first-order chi connectivity index (χ1) is 15.9. The molecule has 3 aromatic carbocycles. The quantitative estimate of drug-likeness (QED) is 0.405. The van der Waals surface area contributed by atoms with Gasteiger partial charge in [0, 0.05) is 5.56 Å². The maximum atomic E-state index is 13.9. The second-order valence-electron chi connectivity index (χ2n) is 7.55. The highest BCUT2D eigenvalue weighted by molar-refractivity contribution is 8.18. The molecule has 0 saturated carbocycles. The second-order valence-corrected chi connectivity index (χ2v) is 8.54. The molecule has 1 fully saturated rings. The Balaban J connectivity index is 1.53. The van der Waals surface area contributed by atoms with Crippen molar-refractivity contribution in [2.75, 3.05) is 7.11 Å². The van der Waals surface area contributed by atoms with Crippen LogP contribution in [0.4, 0.5) is 9.18 Å². The number of aryl methyl sites for hydroxylation is 1. The van der Waals surface area contributed by atoms with Crippen molar-refractivity contribution in [3.63, 3.8) is 0 Å². The molecule has 1 aliphatic heterocycles. The Hall–Kier alpha value is -3.58. The first-order valence-electron chi connectivity index (χ1n) is 10.3. The number of ether oxygens (including phenoxy) is 2. The van der Waals surface area contributed by atoms with Gasteiger partial charge in [-0.25, -0.2) is 4.39 Å². The fourth-order valence-corrected chi connectivity index (χ4v) is 4.29. The molecular weight excluding hydrogens is 441 g/mol. The summed E-state index contributed by atoms with van der Waals surface area (Å²) in [5.74, 6) is 0.204. The summed E-state index contributed by atoms with van der Waals surface area (Å²) < 4.78 is 25.1. The smallest absolute Gasteiger partial charge is 0.293 e. The van der Waals surface area contributed by atoms with Crippen molar-refractivity contribution in [3.8, 4) is 11.5 Å². The van der Waals surface area contributed by atoms with Crippen LogP contribution >= 0.6 is 11.8 Å². The van der Waals surface area contributed by atoms with E-state index in [2.05, 4.69) is 0 Å². The zero-order chi connectivity index (χ0) is 23.4. The number of thioether (sulfide) groups is 1. The number of amides is 2. The lowest BCUT2D eigenvalue weighted by atomic mass is 10.1. The maximum absolute atomic E-state index is 13.9. The van der Waals surface area contributed by atoms with E-state index in [0.717, 1.165) is 22.9 Å². The minimum Gasteiger partial charge on any atom is -0.493 e. The number of carbonyl (C=O) groups excluding carboxylic acids is 2. The Morgan fingerprint density at radius 3 is 2.58 bits per heavy atom.